The zero-order chi connectivity index (χ0) is 21.0. The predicted molar refractivity (Wildman–Crippen MR) is 102 cm³/mol. The lowest BCUT2D eigenvalue weighted by Gasteiger charge is -2.16. The molecule has 1 fully saturated rings. The molecule has 0 radical (unpaired) electrons. The topological polar surface area (TPSA) is 72.9 Å². The second kappa shape index (κ2) is 9.06. The number of rotatable bonds is 7. The lowest BCUT2D eigenvalue weighted by molar-refractivity contribution is -0.0510. The van der Waals surface area contributed by atoms with Gasteiger partial charge < -0.3 is 9.47 Å². The second-order valence-corrected chi connectivity index (χ2v) is 8.66. The molecule has 1 heterocycles. The molecule has 0 aliphatic carbocycles. The molecular formula is C19H18ClF2NO5S. The number of alkyl halides is 2. The van der Waals surface area contributed by atoms with Crippen molar-refractivity contribution in [3.63, 3.8) is 0 Å². The number of carbonyl (C=O) groups excluding carboxylic acids is 1. The summed E-state index contributed by atoms with van der Waals surface area (Å²) in [5, 5.41) is 0.0208. The summed E-state index contributed by atoms with van der Waals surface area (Å²) >= 11 is 6.05. The molecule has 1 aliphatic rings. The molecule has 1 saturated heterocycles. The van der Waals surface area contributed by atoms with Crippen molar-refractivity contribution >= 4 is 27.6 Å². The standard InChI is InChI=1S/C19H18ClF2NO5S/c20-16-8-7-14(29(25,26)23-9-3-4-10-23)11-15(16)18(24)27-12-13-5-1-2-6-17(13)28-19(21)22/h1-2,5-8,11,19H,3-4,9-10,12H2. The minimum absolute atomic E-state index is 0.0208. The Kier molecular flexibility index (Phi) is 6.71. The number of halogens is 3. The van der Waals surface area contributed by atoms with Crippen LogP contribution in [0.25, 0.3) is 0 Å². The van der Waals surface area contributed by atoms with Gasteiger partial charge in [-0.05, 0) is 37.1 Å². The highest BCUT2D eigenvalue weighted by Gasteiger charge is 2.28. The summed E-state index contributed by atoms with van der Waals surface area (Å²) in [7, 11) is -3.74. The van der Waals surface area contributed by atoms with E-state index in [0.717, 1.165) is 12.8 Å². The summed E-state index contributed by atoms with van der Waals surface area (Å²) < 4.78 is 61.3. The van der Waals surface area contributed by atoms with Crippen molar-refractivity contribution in [3.8, 4) is 5.75 Å². The van der Waals surface area contributed by atoms with E-state index >= 15 is 0 Å². The first kappa shape index (κ1) is 21.5. The number of hydrogen-bond acceptors (Lipinski definition) is 5. The normalized spacial score (nSPS) is 14.9. The third-order valence-electron chi connectivity index (χ3n) is 4.41. The van der Waals surface area contributed by atoms with Crippen LogP contribution in [0.4, 0.5) is 8.78 Å². The van der Waals surface area contributed by atoms with Crippen LogP contribution in [0, 0.1) is 0 Å². The number of nitrogens with zero attached hydrogens (tertiary/aromatic N) is 1. The van der Waals surface area contributed by atoms with Crippen LogP contribution in [-0.2, 0) is 21.4 Å². The molecule has 0 spiro atoms. The minimum Gasteiger partial charge on any atom is -0.457 e. The van der Waals surface area contributed by atoms with E-state index in [1.165, 1.54) is 40.7 Å². The quantitative estimate of drug-likeness (QED) is 0.600. The predicted octanol–water partition coefficient (Wildman–Crippen LogP) is 4.08. The third-order valence-corrected chi connectivity index (χ3v) is 6.63. The van der Waals surface area contributed by atoms with Crippen molar-refractivity contribution in [1.29, 1.82) is 0 Å². The number of para-hydroxylation sites is 1. The largest absolute Gasteiger partial charge is 0.457 e. The first-order valence-electron chi connectivity index (χ1n) is 8.78. The molecule has 0 unspecified atom stereocenters. The van der Waals surface area contributed by atoms with Gasteiger partial charge in [0.2, 0.25) is 10.0 Å². The molecule has 2 aromatic rings. The van der Waals surface area contributed by atoms with E-state index in [4.69, 9.17) is 16.3 Å². The van der Waals surface area contributed by atoms with Gasteiger partial charge in [-0.25, -0.2) is 13.2 Å². The molecule has 6 nitrogen and oxygen atoms in total. The first-order valence-corrected chi connectivity index (χ1v) is 10.6. The monoisotopic (exact) mass is 445 g/mol. The van der Waals surface area contributed by atoms with E-state index in [-0.39, 0.29) is 33.4 Å². The number of sulfonamides is 1. The number of esters is 1. The van der Waals surface area contributed by atoms with Crippen LogP contribution in [0.15, 0.2) is 47.4 Å². The molecule has 10 heteroatoms. The van der Waals surface area contributed by atoms with Crippen LogP contribution in [0.2, 0.25) is 5.02 Å². The maximum atomic E-state index is 12.7. The van der Waals surface area contributed by atoms with Crippen LogP contribution in [0.5, 0.6) is 5.75 Å². The Morgan fingerprint density at radius 1 is 1.14 bits per heavy atom. The van der Waals surface area contributed by atoms with Crippen LogP contribution < -0.4 is 4.74 Å². The van der Waals surface area contributed by atoms with E-state index < -0.39 is 22.6 Å². The number of carbonyl (C=O) groups is 1. The van der Waals surface area contributed by atoms with Crippen molar-refractivity contribution in [1.82, 2.24) is 4.31 Å². The molecule has 0 aromatic heterocycles. The smallest absolute Gasteiger partial charge is 0.387 e. The summed E-state index contributed by atoms with van der Waals surface area (Å²) in [5.74, 6) is -0.993. The van der Waals surface area contributed by atoms with E-state index in [1.807, 2.05) is 0 Å². The Balaban J connectivity index is 1.78. The van der Waals surface area contributed by atoms with Gasteiger partial charge in [-0.2, -0.15) is 13.1 Å². The molecule has 0 N–H and O–H groups in total. The fourth-order valence-corrected chi connectivity index (χ4v) is 4.69. The molecule has 29 heavy (non-hydrogen) atoms. The van der Waals surface area contributed by atoms with Gasteiger partial charge in [-0.3, -0.25) is 0 Å². The Hall–Kier alpha value is -2.23. The molecule has 0 saturated carbocycles. The van der Waals surface area contributed by atoms with Crippen LogP contribution in [0.1, 0.15) is 28.8 Å². The van der Waals surface area contributed by atoms with Crippen LogP contribution >= 0.6 is 11.6 Å². The molecule has 0 amide bonds. The first-order chi connectivity index (χ1) is 13.8. The maximum Gasteiger partial charge on any atom is 0.387 e. The van der Waals surface area contributed by atoms with Gasteiger partial charge in [0, 0.05) is 18.7 Å². The lowest BCUT2D eigenvalue weighted by Crippen LogP contribution is -2.28. The van der Waals surface area contributed by atoms with Crippen LogP contribution in [0.3, 0.4) is 0 Å². The lowest BCUT2D eigenvalue weighted by atomic mass is 10.2. The molecule has 0 atom stereocenters. The molecule has 1 aliphatic heterocycles. The van der Waals surface area contributed by atoms with Gasteiger partial charge >= 0.3 is 12.6 Å². The van der Waals surface area contributed by atoms with Gasteiger partial charge in [0.15, 0.2) is 0 Å². The van der Waals surface area contributed by atoms with Crippen LogP contribution in [-0.4, -0.2) is 38.4 Å². The molecule has 3 rings (SSSR count). The second-order valence-electron chi connectivity index (χ2n) is 6.32. The Morgan fingerprint density at radius 2 is 1.83 bits per heavy atom. The van der Waals surface area contributed by atoms with Crippen molar-refractivity contribution in [2.45, 2.75) is 31.0 Å². The summed E-state index contributed by atoms with van der Waals surface area (Å²) in [6.07, 6.45) is 1.56. The van der Waals surface area contributed by atoms with Crippen molar-refractivity contribution in [2.75, 3.05) is 13.1 Å². The van der Waals surface area contributed by atoms with E-state index in [9.17, 15) is 22.0 Å². The number of benzene rings is 2. The highest BCUT2D eigenvalue weighted by molar-refractivity contribution is 7.89. The SMILES string of the molecule is O=C(OCc1ccccc1OC(F)F)c1cc(S(=O)(=O)N2CCCC2)ccc1Cl. The fourth-order valence-electron chi connectivity index (χ4n) is 2.95. The zero-order valence-electron chi connectivity index (χ0n) is 15.2. The van der Waals surface area contributed by atoms with E-state index in [2.05, 4.69) is 4.74 Å². The Labute approximate surface area is 172 Å². The van der Waals surface area contributed by atoms with Crippen molar-refractivity contribution < 1.29 is 31.5 Å². The Bertz CT molecular complexity index is 994. The average Bonchev–Trinajstić information content (AvgIpc) is 3.22. The van der Waals surface area contributed by atoms with E-state index in [0.29, 0.717) is 13.1 Å². The molecule has 156 valence electrons. The summed E-state index contributed by atoms with van der Waals surface area (Å²) in [4.78, 5) is 12.4. The third kappa shape index (κ3) is 5.04. The summed E-state index contributed by atoms with van der Waals surface area (Å²) in [6, 6.07) is 9.70. The van der Waals surface area contributed by atoms with Crippen molar-refractivity contribution in [2.24, 2.45) is 0 Å². The summed E-state index contributed by atoms with van der Waals surface area (Å²) in [5.41, 5.74) is 0.109. The summed E-state index contributed by atoms with van der Waals surface area (Å²) in [6.45, 7) is -2.52. The zero-order valence-corrected chi connectivity index (χ0v) is 16.8. The minimum atomic E-state index is -3.74. The number of hydrogen-bond donors (Lipinski definition) is 0. The van der Waals surface area contributed by atoms with Gasteiger partial charge in [0.1, 0.15) is 12.4 Å². The van der Waals surface area contributed by atoms with Gasteiger partial charge in [0.25, 0.3) is 0 Å². The van der Waals surface area contributed by atoms with Gasteiger partial charge in [0.05, 0.1) is 15.5 Å². The van der Waals surface area contributed by atoms with Gasteiger partial charge in [-0.1, -0.05) is 29.8 Å². The van der Waals surface area contributed by atoms with E-state index in [1.54, 1.807) is 6.07 Å². The highest BCUT2D eigenvalue weighted by atomic mass is 35.5. The highest BCUT2D eigenvalue weighted by Crippen LogP contribution is 2.27. The molecule has 0 bridgehead atoms. The fraction of sp³-hybridized carbons (Fsp3) is 0.316. The average molecular weight is 446 g/mol. The maximum absolute atomic E-state index is 12.7. The molecule has 2 aromatic carbocycles. The molecular weight excluding hydrogens is 428 g/mol. The Morgan fingerprint density at radius 3 is 2.52 bits per heavy atom. The van der Waals surface area contributed by atoms with Gasteiger partial charge in [-0.15, -0.1) is 0 Å². The number of ether oxygens (including phenoxy) is 2. The van der Waals surface area contributed by atoms with Crippen molar-refractivity contribution in [3.05, 3.63) is 58.6 Å².